The minimum absolute atomic E-state index is 0.00775. The summed E-state index contributed by atoms with van der Waals surface area (Å²) in [6.07, 6.45) is 0.986. The highest BCUT2D eigenvalue weighted by molar-refractivity contribution is 5.98. The molecule has 0 spiro atoms. The Morgan fingerprint density at radius 1 is 1.20 bits per heavy atom. The molecule has 156 valence electrons. The zero-order valence-electron chi connectivity index (χ0n) is 17.1. The third-order valence-electron chi connectivity index (χ3n) is 4.62. The highest BCUT2D eigenvalue weighted by atomic mass is 19.1. The van der Waals surface area contributed by atoms with E-state index in [0.717, 1.165) is 23.4 Å². The first-order valence-corrected chi connectivity index (χ1v) is 9.19. The number of carbonyl (C=O) groups is 1. The first-order chi connectivity index (χ1) is 14.3. The van der Waals surface area contributed by atoms with Crippen LogP contribution in [-0.2, 0) is 4.74 Å². The number of anilines is 2. The van der Waals surface area contributed by atoms with Crippen LogP contribution in [0, 0.1) is 19.7 Å². The third kappa shape index (κ3) is 3.73. The van der Waals surface area contributed by atoms with Crippen molar-refractivity contribution < 1.29 is 18.7 Å². The van der Waals surface area contributed by atoms with Crippen molar-refractivity contribution in [3.05, 3.63) is 47.0 Å². The lowest BCUT2D eigenvalue weighted by Crippen LogP contribution is -2.14. The molecule has 0 amide bonds. The zero-order chi connectivity index (χ0) is 22.0. The number of halogens is 1. The molecular weight excluding hydrogens is 389 g/mol. The summed E-state index contributed by atoms with van der Waals surface area (Å²) in [6, 6.07) is 4.83. The van der Waals surface area contributed by atoms with E-state index < -0.39 is 11.8 Å². The number of esters is 1. The number of hydrogen-bond donors (Lipinski definition) is 2. The van der Waals surface area contributed by atoms with Crippen LogP contribution >= 0.6 is 0 Å². The van der Waals surface area contributed by atoms with Gasteiger partial charge in [-0.3, -0.25) is 0 Å². The average molecular weight is 411 g/mol. The molecular formula is C21H22FN5O3. The summed E-state index contributed by atoms with van der Waals surface area (Å²) in [5.41, 5.74) is 14.8. The van der Waals surface area contributed by atoms with E-state index in [-0.39, 0.29) is 35.2 Å². The van der Waals surface area contributed by atoms with Gasteiger partial charge in [0, 0.05) is 11.1 Å². The van der Waals surface area contributed by atoms with Gasteiger partial charge in [0.15, 0.2) is 11.5 Å². The van der Waals surface area contributed by atoms with E-state index in [0.29, 0.717) is 17.0 Å². The van der Waals surface area contributed by atoms with Gasteiger partial charge in [-0.15, -0.1) is 0 Å². The molecule has 0 atom stereocenters. The number of rotatable bonds is 5. The van der Waals surface area contributed by atoms with Gasteiger partial charge in [0.1, 0.15) is 17.4 Å². The van der Waals surface area contributed by atoms with Crippen LogP contribution in [0.15, 0.2) is 24.4 Å². The van der Waals surface area contributed by atoms with E-state index in [9.17, 15) is 9.18 Å². The molecule has 0 saturated carbocycles. The van der Waals surface area contributed by atoms with Crippen LogP contribution in [0.1, 0.15) is 28.5 Å². The number of hydrogen-bond acceptors (Lipinski definition) is 8. The summed E-state index contributed by atoms with van der Waals surface area (Å²) < 4.78 is 24.3. The molecule has 0 radical (unpaired) electrons. The average Bonchev–Trinajstić information content (AvgIpc) is 2.71. The fourth-order valence-electron chi connectivity index (χ4n) is 3.18. The van der Waals surface area contributed by atoms with Crippen LogP contribution < -0.4 is 16.2 Å². The number of aryl methyl sites for hydroxylation is 1. The molecule has 9 heteroatoms. The van der Waals surface area contributed by atoms with E-state index >= 15 is 0 Å². The Balaban J connectivity index is 2.37. The molecule has 0 unspecified atom stereocenters. The second-order valence-corrected chi connectivity index (χ2v) is 6.55. The third-order valence-corrected chi connectivity index (χ3v) is 4.62. The van der Waals surface area contributed by atoms with E-state index in [1.165, 1.54) is 0 Å². The predicted octanol–water partition coefficient (Wildman–Crippen LogP) is 3.31. The molecule has 0 fully saturated rings. The topological polar surface area (TPSA) is 126 Å². The minimum Gasteiger partial charge on any atom is -0.496 e. The Labute approximate surface area is 173 Å². The summed E-state index contributed by atoms with van der Waals surface area (Å²) in [7, 11) is 1.55. The van der Waals surface area contributed by atoms with E-state index in [4.69, 9.17) is 20.9 Å². The second kappa shape index (κ2) is 8.32. The van der Waals surface area contributed by atoms with Crippen molar-refractivity contribution in [2.75, 3.05) is 25.2 Å². The van der Waals surface area contributed by atoms with Crippen LogP contribution in [0.4, 0.5) is 15.9 Å². The first kappa shape index (κ1) is 21.0. The Morgan fingerprint density at radius 3 is 2.60 bits per heavy atom. The fraction of sp³-hybridized carbons (Fsp3) is 0.238. The molecule has 0 aliphatic carbocycles. The molecule has 4 N–H and O–H groups in total. The lowest BCUT2D eigenvalue weighted by atomic mass is 9.97. The number of nitrogens with two attached hydrogens (primary N) is 2. The maximum atomic E-state index is 13.8. The molecule has 0 aliphatic heterocycles. The number of benzene rings is 1. The van der Waals surface area contributed by atoms with Crippen molar-refractivity contribution in [2.45, 2.75) is 20.8 Å². The quantitative estimate of drug-likeness (QED) is 0.612. The lowest BCUT2D eigenvalue weighted by Gasteiger charge is -2.17. The maximum Gasteiger partial charge on any atom is 0.359 e. The van der Waals surface area contributed by atoms with Gasteiger partial charge in [0.25, 0.3) is 0 Å². The van der Waals surface area contributed by atoms with Gasteiger partial charge in [-0.05, 0) is 38.5 Å². The van der Waals surface area contributed by atoms with Gasteiger partial charge in [-0.2, -0.15) is 0 Å². The second-order valence-electron chi connectivity index (χ2n) is 6.55. The Hall–Kier alpha value is -3.75. The standard InChI is InChI=1S/C21H22FN5O3/c1-5-30-21(28)18-16(23)17(15-10(2)6-7-14(29-4)11(15)3)26-20(27-18)13-8-12(22)9-25-19(13)24/h6-9H,5,23H2,1-4H3,(H2,24,25). The maximum absolute atomic E-state index is 13.8. The highest BCUT2D eigenvalue weighted by Gasteiger charge is 2.24. The van der Waals surface area contributed by atoms with Crippen molar-refractivity contribution in [3.63, 3.8) is 0 Å². The number of aromatic nitrogens is 3. The molecule has 3 rings (SSSR count). The summed E-state index contributed by atoms with van der Waals surface area (Å²) in [5, 5.41) is 0. The Kier molecular flexibility index (Phi) is 5.81. The Bertz CT molecular complexity index is 1130. The van der Waals surface area contributed by atoms with E-state index in [1.807, 2.05) is 26.0 Å². The molecule has 0 aliphatic rings. The number of pyridine rings is 1. The van der Waals surface area contributed by atoms with Crippen LogP contribution in [0.3, 0.4) is 0 Å². The smallest absolute Gasteiger partial charge is 0.359 e. The number of ether oxygens (including phenoxy) is 2. The molecule has 3 aromatic rings. The summed E-state index contributed by atoms with van der Waals surface area (Å²) in [4.78, 5) is 25.1. The number of nitrogen functional groups attached to an aromatic ring is 2. The minimum atomic E-state index is -0.721. The van der Waals surface area contributed by atoms with Crippen LogP contribution in [0.5, 0.6) is 5.75 Å². The van der Waals surface area contributed by atoms with Gasteiger partial charge in [0.05, 0.1) is 36.9 Å². The van der Waals surface area contributed by atoms with Gasteiger partial charge in [0.2, 0.25) is 0 Å². The Morgan fingerprint density at radius 2 is 1.93 bits per heavy atom. The van der Waals surface area contributed by atoms with Crippen molar-refractivity contribution >= 4 is 17.5 Å². The molecule has 2 heterocycles. The zero-order valence-corrected chi connectivity index (χ0v) is 17.1. The molecule has 2 aromatic heterocycles. The van der Waals surface area contributed by atoms with Gasteiger partial charge in [-0.25, -0.2) is 24.1 Å². The normalized spacial score (nSPS) is 10.7. The molecule has 30 heavy (non-hydrogen) atoms. The summed E-state index contributed by atoms with van der Waals surface area (Å²) in [5.74, 6) is -0.692. The van der Waals surface area contributed by atoms with Crippen LogP contribution in [0.2, 0.25) is 0 Å². The van der Waals surface area contributed by atoms with Crippen molar-refractivity contribution in [1.82, 2.24) is 15.0 Å². The number of methoxy groups -OCH3 is 1. The number of carbonyl (C=O) groups excluding carboxylic acids is 1. The molecule has 0 saturated heterocycles. The van der Waals surface area contributed by atoms with Crippen molar-refractivity contribution in [2.24, 2.45) is 0 Å². The SMILES string of the molecule is CCOC(=O)c1nc(-c2cc(F)cnc2N)nc(-c2c(C)ccc(OC)c2C)c1N. The van der Waals surface area contributed by atoms with E-state index in [1.54, 1.807) is 14.0 Å². The molecule has 8 nitrogen and oxygen atoms in total. The van der Waals surface area contributed by atoms with Crippen molar-refractivity contribution in [3.8, 4) is 28.4 Å². The molecule has 0 bridgehead atoms. The van der Waals surface area contributed by atoms with E-state index in [2.05, 4.69) is 15.0 Å². The fourth-order valence-corrected chi connectivity index (χ4v) is 3.18. The largest absolute Gasteiger partial charge is 0.496 e. The van der Waals surface area contributed by atoms with Gasteiger partial charge < -0.3 is 20.9 Å². The van der Waals surface area contributed by atoms with Gasteiger partial charge >= 0.3 is 5.97 Å². The van der Waals surface area contributed by atoms with Crippen LogP contribution in [-0.4, -0.2) is 34.6 Å². The monoisotopic (exact) mass is 411 g/mol. The summed E-state index contributed by atoms with van der Waals surface area (Å²) >= 11 is 0. The van der Waals surface area contributed by atoms with Crippen LogP contribution in [0.25, 0.3) is 22.6 Å². The number of nitrogens with zero attached hydrogens (tertiary/aromatic N) is 3. The van der Waals surface area contributed by atoms with Gasteiger partial charge in [-0.1, -0.05) is 6.07 Å². The highest BCUT2D eigenvalue weighted by Crippen LogP contribution is 2.37. The first-order valence-electron chi connectivity index (χ1n) is 9.19. The molecule has 1 aromatic carbocycles. The predicted molar refractivity (Wildman–Crippen MR) is 111 cm³/mol. The summed E-state index contributed by atoms with van der Waals surface area (Å²) in [6.45, 7) is 5.53. The van der Waals surface area contributed by atoms with Crippen molar-refractivity contribution in [1.29, 1.82) is 0 Å². The lowest BCUT2D eigenvalue weighted by molar-refractivity contribution is 0.0521.